The molecule has 0 saturated carbocycles. The minimum Gasteiger partial charge on any atom is -0.497 e. The molecular formula is C30H38N2O5. The van der Waals surface area contributed by atoms with Crippen LogP contribution in [0.25, 0.3) is 0 Å². The Kier molecular flexibility index (Phi) is 6.57. The number of carbonyl (C=O) groups is 2. The number of likely N-dealkylation sites (tertiary alicyclic amines) is 1. The number of hydrogen-bond donors (Lipinski definition) is 1. The fraction of sp³-hybridized carbons (Fsp3) is 0.533. The van der Waals surface area contributed by atoms with Gasteiger partial charge in [0.05, 0.1) is 38.0 Å². The van der Waals surface area contributed by atoms with Crippen LogP contribution in [0.3, 0.4) is 0 Å². The van der Waals surface area contributed by atoms with Crippen LogP contribution in [0, 0.1) is 11.8 Å². The van der Waals surface area contributed by atoms with Gasteiger partial charge >= 0.3 is 0 Å². The van der Waals surface area contributed by atoms with E-state index in [0.717, 1.165) is 35.4 Å². The first-order valence-corrected chi connectivity index (χ1v) is 13.3. The summed E-state index contributed by atoms with van der Waals surface area (Å²) >= 11 is 0. The van der Waals surface area contributed by atoms with Gasteiger partial charge in [-0.25, -0.2) is 0 Å². The van der Waals surface area contributed by atoms with Gasteiger partial charge in [0.1, 0.15) is 5.75 Å². The van der Waals surface area contributed by atoms with Crippen LogP contribution < -0.4 is 9.64 Å². The number of likely N-dealkylation sites (N-methyl/N-ethyl adjacent to an activating group) is 1. The van der Waals surface area contributed by atoms with Gasteiger partial charge in [0.2, 0.25) is 5.91 Å². The molecule has 7 heteroatoms. The van der Waals surface area contributed by atoms with E-state index in [9.17, 15) is 14.7 Å². The minimum absolute atomic E-state index is 0.0200. The molecule has 0 unspecified atom stereocenters. The van der Waals surface area contributed by atoms with Crippen LogP contribution in [0.5, 0.6) is 5.75 Å². The zero-order chi connectivity index (χ0) is 26.5. The molecule has 2 saturated heterocycles. The van der Waals surface area contributed by atoms with E-state index in [0.29, 0.717) is 6.54 Å². The zero-order valence-electron chi connectivity index (χ0n) is 22.4. The molecular weight excluding hydrogens is 468 g/mol. The maximum atomic E-state index is 13.9. The van der Waals surface area contributed by atoms with Gasteiger partial charge < -0.3 is 24.4 Å². The van der Waals surface area contributed by atoms with Crippen molar-refractivity contribution in [2.24, 2.45) is 11.8 Å². The lowest BCUT2D eigenvalue weighted by atomic mass is 9.63. The third-order valence-corrected chi connectivity index (χ3v) is 9.16. The highest BCUT2D eigenvalue weighted by Gasteiger charge is 2.65. The Morgan fingerprint density at radius 2 is 1.89 bits per heavy atom. The molecule has 0 bridgehead atoms. The Labute approximate surface area is 219 Å². The van der Waals surface area contributed by atoms with E-state index >= 15 is 0 Å². The van der Waals surface area contributed by atoms with Crippen LogP contribution in [0.15, 0.2) is 48.5 Å². The third kappa shape index (κ3) is 3.86. The predicted octanol–water partition coefficient (Wildman–Crippen LogP) is 3.87. The molecule has 0 aromatic heterocycles. The predicted molar refractivity (Wildman–Crippen MR) is 142 cm³/mol. The van der Waals surface area contributed by atoms with Crippen molar-refractivity contribution in [2.45, 2.75) is 63.2 Å². The number of benzene rings is 2. The highest BCUT2D eigenvalue weighted by molar-refractivity contribution is 6.07. The van der Waals surface area contributed by atoms with Gasteiger partial charge in [-0.1, -0.05) is 51.1 Å². The monoisotopic (exact) mass is 506 g/mol. The quantitative estimate of drug-likeness (QED) is 0.644. The molecule has 37 heavy (non-hydrogen) atoms. The number of para-hydroxylation sites is 1. The molecule has 3 heterocycles. The summed E-state index contributed by atoms with van der Waals surface area (Å²) in [6, 6.07) is 15.7. The molecule has 3 aliphatic heterocycles. The van der Waals surface area contributed by atoms with Crippen LogP contribution in [0.2, 0.25) is 0 Å². The number of aliphatic hydroxyl groups excluding tert-OH is 1. The SMILES string of the molecule is COc1ccc(C(C)(C)[C@@H]2[C@@H](CC(=O)N3CCC[C@H]3CO)O[C@]3(C(=O)N(C)c4ccccc43)[C@H]2C)cc1. The molecule has 0 radical (unpaired) electrons. The molecule has 1 spiro atoms. The first kappa shape index (κ1) is 25.7. The average molecular weight is 507 g/mol. The molecule has 2 aromatic carbocycles. The van der Waals surface area contributed by atoms with Crippen molar-refractivity contribution in [1.29, 1.82) is 0 Å². The van der Waals surface area contributed by atoms with E-state index in [1.54, 1.807) is 24.0 Å². The molecule has 198 valence electrons. The van der Waals surface area contributed by atoms with Gasteiger partial charge in [0.15, 0.2) is 5.60 Å². The number of anilines is 1. The zero-order valence-corrected chi connectivity index (χ0v) is 22.4. The molecule has 5 atom stereocenters. The summed E-state index contributed by atoms with van der Waals surface area (Å²) in [7, 11) is 3.44. The number of nitrogens with zero attached hydrogens (tertiary/aromatic N) is 2. The second kappa shape index (κ2) is 9.44. The Bertz CT molecular complexity index is 1180. The fourth-order valence-corrected chi connectivity index (χ4v) is 7.22. The van der Waals surface area contributed by atoms with Crippen molar-refractivity contribution < 1.29 is 24.2 Å². The van der Waals surface area contributed by atoms with Crippen molar-refractivity contribution in [3.8, 4) is 5.75 Å². The largest absolute Gasteiger partial charge is 0.497 e. The lowest BCUT2D eigenvalue weighted by molar-refractivity contribution is -0.150. The molecule has 5 rings (SSSR count). The van der Waals surface area contributed by atoms with E-state index in [-0.39, 0.29) is 42.7 Å². The molecule has 2 fully saturated rings. The summed E-state index contributed by atoms with van der Waals surface area (Å²) in [4.78, 5) is 31.0. The summed E-state index contributed by atoms with van der Waals surface area (Å²) < 4.78 is 12.2. The van der Waals surface area contributed by atoms with Crippen LogP contribution >= 0.6 is 0 Å². The van der Waals surface area contributed by atoms with Crippen molar-refractivity contribution in [2.75, 3.05) is 32.2 Å². The molecule has 3 aliphatic rings. The smallest absolute Gasteiger partial charge is 0.264 e. The Morgan fingerprint density at radius 3 is 2.57 bits per heavy atom. The lowest BCUT2D eigenvalue weighted by Gasteiger charge is -2.39. The number of carbonyl (C=O) groups excluding carboxylic acids is 2. The molecule has 0 aliphatic carbocycles. The molecule has 2 amide bonds. The molecule has 7 nitrogen and oxygen atoms in total. The maximum absolute atomic E-state index is 13.9. The fourth-order valence-electron chi connectivity index (χ4n) is 7.22. The number of rotatable bonds is 6. The van der Waals surface area contributed by atoms with Gasteiger partial charge in [-0.3, -0.25) is 9.59 Å². The normalized spacial score (nSPS) is 29.3. The summed E-state index contributed by atoms with van der Waals surface area (Å²) in [6.45, 7) is 7.07. The highest BCUT2D eigenvalue weighted by atomic mass is 16.5. The highest BCUT2D eigenvalue weighted by Crippen LogP contribution is 2.59. The second-order valence-corrected chi connectivity index (χ2v) is 11.3. The summed E-state index contributed by atoms with van der Waals surface area (Å²) in [6.07, 6.45) is 1.40. The van der Waals surface area contributed by atoms with E-state index in [4.69, 9.17) is 9.47 Å². The van der Waals surface area contributed by atoms with Gasteiger partial charge in [0.25, 0.3) is 5.91 Å². The maximum Gasteiger partial charge on any atom is 0.264 e. The van der Waals surface area contributed by atoms with Gasteiger partial charge in [0, 0.05) is 31.0 Å². The Morgan fingerprint density at radius 1 is 1.19 bits per heavy atom. The van der Waals surface area contributed by atoms with Crippen molar-refractivity contribution in [1.82, 2.24) is 4.90 Å². The van der Waals surface area contributed by atoms with E-state index in [2.05, 4.69) is 32.9 Å². The summed E-state index contributed by atoms with van der Waals surface area (Å²) in [5.41, 5.74) is 1.27. The van der Waals surface area contributed by atoms with Gasteiger partial charge in [-0.05, 0) is 42.0 Å². The summed E-state index contributed by atoms with van der Waals surface area (Å²) in [5.74, 6) is 0.371. The van der Waals surface area contributed by atoms with Crippen LogP contribution in [-0.2, 0) is 25.3 Å². The number of ether oxygens (including phenoxy) is 2. The van der Waals surface area contributed by atoms with Gasteiger partial charge in [-0.15, -0.1) is 0 Å². The number of amides is 2. The number of hydrogen-bond acceptors (Lipinski definition) is 5. The molecule has 2 aromatic rings. The van der Waals surface area contributed by atoms with Crippen molar-refractivity contribution in [3.05, 3.63) is 59.7 Å². The Hall–Kier alpha value is -2.90. The first-order valence-electron chi connectivity index (χ1n) is 13.3. The van der Waals surface area contributed by atoms with E-state index < -0.39 is 17.1 Å². The average Bonchev–Trinajstić information content (AvgIpc) is 3.56. The Balaban J connectivity index is 1.57. The molecule has 1 N–H and O–H groups in total. The summed E-state index contributed by atoms with van der Waals surface area (Å²) in [5, 5.41) is 9.82. The number of fused-ring (bicyclic) bond motifs is 2. The topological polar surface area (TPSA) is 79.3 Å². The van der Waals surface area contributed by atoms with Crippen molar-refractivity contribution in [3.63, 3.8) is 0 Å². The van der Waals surface area contributed by atoms with Crippen LogP contribution in [-0.4, -0.2) is 61.3 Å². The number of aliphatic hydroxyl groups is 1. The van der Waals surface area contributed by atoms with E-state index in [1.165, 1.54) is 0 Å². The number of methoxy groups -OCH3 is 1. The lowest BCUT2D eigenvalue weighted by Crippen LogP contribution is -2.45. The standard InChI is InChI=1S/C30H38N2O5/c1-19-27(29(2,3)20-12-14-22(36-5)15-13-20)25(17-26(34)32-16-8-9-21(32)18-33)37-30(19)23-10-6-7-11-24(23)31(4)28(30)35/h6-7,10-15,19,21,25,27,33H,8-9,16-18H2,1-5H3/t19-,21-,25+,27-,30+/m0/s1. The second-order valence-electron chi connectivity index (χ2n) is 11.3. The van der Waals surface area contributed by atoms with Crippen molar-refractivity contribution >= 4 is 17.5 Å². The first-order chi connectivity index (χ1) is 17.7. The van der Waals surface area contributed by atoms with Crippen LogP contribution in [0.1, 0.15) is 51.2 Å². The third-order valence-electron chi connectivity index (χ3n) is 9.16. The van der Waals surface area contributed by atoms with E-state index in [1.807, 2.05) is 36.4 Å². The van der Waals surface area contributed by atoms with Gasteiger partial charge in [-0.2, -0.15) is 0 Å². The minimum atomic E-state index is -1.15. The van der Waals surface area contributed by atoms with Crippen LogP contribution in [0.4, 0.5) is 5.69 Å².